The first-order chi connectivity index (χ1) is 9.24. The molecule has 0 unspecified atom stereocenters. The molecule has 2 heterocycles. The van der Waals surface area contributed by atoms with Crippen LogP contribution in [-0.2, 0) is 6.54 Å². The highest BCUT2D eigenvalue weighted by molar-refractivity contribution is 9.10. The molecule has 4 nitrogen and oxygen atoms in total. The molecule has 0 fully saturated rings. The summed E-state index contributed by atoms with van der Waals surface area (Å²) in [6.45, 7) is 0.689. The topological polar surface area (TPSA) is 63.8 Å². The van der Waals surface area contributed by atoms with Crippen molar-refractivity contribution in [1.29, 1.82) is 0 Å². The number of pyridine rings is 1. The number of nitrogens with two attached hydrogens (primary N) is 1. The number of nitrogens with one attached hydrogen (secondary N) is 1. The van der Waals surface area contributed by atoms with Gasteiger partial charge < -0.3 is 11.1 Å². The van der Waals surface area contributed by atoms with Gasteiger partial charge in [0.1, 0.15) is 5.01 Å². The summed E-state index contributed by atoms with van der Waals surface area (Å²) >= 11 is 5.04. The van der Waals surface area contributed by atoms with Crippen LogP contribution in [0.25, 0.3) is 10.9 Å². The molecular weight excluding hydrogens is 324 g/mol. The van der Waals surface area contributed by atoms with Gasteiger partial charge in [-0.25, -0.2) is 4.98 Å². The second kappa shape index (κ2) is 5.14. The number of nitrogen functional groups attached to an aromatic ring is 1. The van der Waals surface area contributed by atoms with Gasteiger partial charge in [-0.2, -0.15) is 0 Å². The number of fused-ring (bicyclic) bond motifs is 1. The third-order valence-corrected chi connectivity index (χ3v) is 3.98. The summed E-state index contributed by atoms with van der Waals surface area (Å²) in [4.78, 5) is 8.68. The van der Waals surface area contributed by atoms with Crippen molar-refractivity contribution in [3.63, 3.8) is 0 Å². The molecule has 0 atom stereocenters. The lowest BCUT2D eigenvalue weighted by atomic mass is 10.1. The molecule has 3 N–H and O–H groups in total. The Labute approximate surface area is 122 Å². The summed E-state index contributed by atoms with van der Waals surface area (Å²) in [5.41, 5.74) is 8.55. The van der Waals surface area contributed by atoms with E-state index in [4.69, 9.17) is 5.73 Å². The molecule has 3 aromatic rings. The first-order valence-electron chi connectivity index (χ1n) is 5.70. The molecule has 0 aliphatic rings. The SMILES string of the molecule is Nc1ccc(NCc2nccs2)c2ncc(Br)cc12. The van der Waals surface area contributed by atoms with Crippen LogP contribution < -0.4 is 11.1 Å². The van der Waals surface area contributed by atoms with Crippen molar-refractivity contribution in [2.24, 2.45) is 0 Å². The van der Waals surface area contributed by atoms with Gasteiger partial charge >= 0.3 is 0 Å². The quantitative estimate of drug-likeness (QED) is 0.717. The van der Waals surface area contributed by atoms with Crippen LogP contribution in [-0.4, -0.2) is 9.97 Å². The highest BCUT2D eigenvalue weighted by Gasteiger charge is 2.06. The molecular formula is C13H11BrN4S. The molecule has 96 valence electrons. The van der Waals surface area contributed by atoms with Crippen LogP contribution in [0.15, 0.2) is 40.4 Å². The monoisotopic (exact) mass is 334 g/mol. The zero-order valence-corrected chi connectivity index (χ0v) is 12.3. The third kappa shape index (κ3) is 2.54. The second-order valence-corrected chi connectivity index (χ2v) is 5.93. The first kappa shape index (κ1) is 12.4. The van der Waals surface area contributed by atoms with Crippen LogP contribution in [0.1, 0.15) is 5.01 Å². The normalized spacial score (nSPS) is 10.8. The lowest BCUT2D eigenvalue weighted by molar-refractivity contribution is 1.10. The van der Waals surface area contributed by atoms with Gasteiger partial charge in [0.2, 0.25) is 0 Å². The number of aromatic nitrogens is 2. The van der Waals surface area contributed by atoms with Crippen LogP contribution in [0.4, 0.5) is 11.4 Å². The Morgan fingerprint density at radius 1 is 1.32 bits per heavy atom. The summed E-state index contributed by atoms with van der Waals surface area (Å²) in [6.07, 6.45) is 3.58. The maximum atomic E-state index is 5.99. The number of nitrogens with zero attached hydrogens (tertiary/aromatic N) is 2. The highest BCUT2D eigenvalue weighted by atomic mass is 79.9. The van der Waals surface area contributed by atoms with Crippen molar-refractivity contribution in [2.75, 3.05) is 11.1 Å². The van der Waals surface area contributed by atoms with Gasteiger partial charge in [-0.05, 0) is 34.1 Å². The number of rotatable bonds is 3. The summed E-state index contributed by atoms with van der Waals surface area (Å²) < 4.78 is 0.920. The predicted molar refractivity (Wildman–Crippen MR) is 83.3 cm³/mol. The van der Waals surface area contributed by atoms with Gasteiger partial charge in [0.15, 0.2) is 0 Å². The van der Waals surface area contributed by atoms with Gasteiger partial charge in [0.05, 0.1) is 17.7 Å². The fourth-order valence-electron chi connectivity index (χ4n) is 1.87. The van der Waals surface area contributed by atoms with Crippen LogP contribution in [0.5, 0.6) is 0 Å². The third-order valence-electron chi connectivity index (χ3n) is 2.76. The molecule has 2 aromatic heterocycles. The summed E-state index contributed by atoms with van der Waals surface area (Å²) in [7, 11) is 0. The Balaban J connectivity index is 1.97. The Morgan fingerprint density at radius 2 is 2.21 bits per heavy atom. The van der Waals surface area contributed by atoms with Gasteiger partial charge in [-0.3, -0.25) is 4.98 Å². The Bertz CT molecular complexity index is 712. The minimum Gasteiger partial charge on any atom is -0.398 e. The summed E-state index contributed by atoms with van der Waals surface area (Å²) in [5.74, 6) is 0. The van der Waals surface area contributed by atoms with Gasteiger partial charge in [0.25, 0.3) is 0 Å². The molecule has 0 saturated heterocycles. The highest BCUT2D eigenvalue weighted by Crippen LogP contribution is 2.29. The van der Waals surface area contributed by atoms with Crippen molar-refractivity contribution in [2.45, 2.75) is 6.54 Å². The van der Waals surface area contributed by atoms with E-state index in [0.29, 0.717) is 6.54 Å². The van der Waals surface area contributed by atoms with E-state index in [1.807, 2.05) is 23.6 Å². The summed E-state index contributed by atoms with van der Waals surface area (Å²) in [5, 5.41) is 7.30. The molecule has 3 rings (SSSR count). The molecule has 1 aromatic carbocycles. The molecule has 6 heteroatoms. The van der Waals surface area contributed by atoms with Crippen molar-refractivity contribution in [3.05, 3.63) is 45.5 Å². The van der Waals surface area contributed by atoms with Crippen LogP contribution >= 0.6 is 27.3 Å². The van der Waals surface area contributed by atoms with E-state index in [9.17, 15) is 0 Å². The zero-order chi connectivity index (χ0) is 13.2. The van der Waals surface area contributed by atoms with E-state index in [1.165, 1.54) is 0 Å². The molecule has 19 heavy (non-hydrogen) atoms. The van der Waals surface area contributed by atoms with E-state index < -0.39 is 0 Å². The number of anilines is 2. The standard InChI is InChI=1S/C13H11BrN4S/c14-8-5-9-10(15)1-2-11(13(9)18-6-8)17-7-12-16-3-4-19-12/h1-6,17H,7,15H2. The number of hydrogen-bond acceptors (Lipinski definition) is 5. The largest absolute Gasteiger partial charge is 0.398 e. The van der Waals surface area contributed by atoms with Gasteiger partial charge in [0, 0.05) is 33.3 Å². The lowest BCUT2D eigenvalue weighted by Crippen LogP contribution is -2.01. The maximum absolute atomic E-state index is 5.99. The number of benzene rings is 1. The fraction of sp³-hybridized carbons (Fsp3) is 0.0769. The molecule has 0 spiro atoms. The second-order valence-electron chi connectivity index (χ2n) is 4.03. The Hall–Kier alpha value is -1.66. The molecule has 0 radical (unpaired) electrons. The van der Waals surface area contributed by atoms with Crippen molar-refractivity contribution >= 4 is 49.5 Å². The summed E-state index contributed by atoms with van der Waals surface area (Å²) in [6, 6.07) is 5.82. The maximum Gasteiger partial charge on any atom is 0.112 e. The van der Waals surface area contributed by atoms with Crippen molar-refractivity contribution < 1.29 is 0 Å². The predicted octanol–water partition coefficient (Wildman–Crippen LogP) is 3.65. The van der Waals surface area contributed by atoms with E-state index in [2.05, 4.69) is 31.2 Å². The molecule has 0 aliphatic carbocycles. The molecule has 0 aliphatic heterocycles. The smallest absolute Gasteiger partial charge is 0.112 e. The van der Waals surface area contributed by atoms with Crippen LogP contribution in [0.2, 0.25) is 0 Å². The minimum absolute atomic E-state index is 0.689. The minimum atomic E-state index is 0.689. The molecule has 0 saturated carbocycles. The van der Waals surface area contributed by atoms with E-state index in [1.54, 1.807) is 23.7 Å². The van der Waals surface area contributed by atoms with Crippen molar-refractivity contribution in [1.82, 2.24) is 9.97 Å². The fourth-order valence-corrected chi connectivity index (χ4v) is 2.76. The van der Waals surface area contributed by atoms with Crippen molar-refractivity contribution in [3.8, 4) is 0 Å². The Kier molecular flexibility index (Phi) is 3.35. The lowest BCUT2D eigenvalue weighted by Gasteiger charge is -2.09. The van der Waals surface area contributed by atoms with Gasteiger partial charge in [-0.1, -0.05) is 0 Å². The average Bonchev–Trinajstić information content (AvgIpc) is 2.92. The van der Waals surface area contributed by atoms with E-state index in [-0.39, 0.29) is 0 Å². The first-order valence-corrected chi connectivity index (χ1v) is 7.37. The van der Waals surface area contributed by atoms with Gasteiger partial charge in [-0.15, -0.1) is 11.3 Å². The number of thiazole rings is 1. The zero-order valence-electron chi connectivity index (χ0n) is 9.93. The Morgan fingerprint density at radius 3 is 3.00 bits per heavy atom. The van der Waals surface area contributed by atoms with E-state index in [0.717, 1.165) is 31.8 Å². The molecule has 0 bridgehead atoms. The number of halogens is 1. The average molecular weight is 335 g/mol. The van der Waals surface area contributed by atoms with Crippen LogP contribution in [0.3, 0.4) is 0 Å². The molecule has 0 amide bonds. The number of hydrogen-bond donors (Lipinski definition) is 2. The van der Waals surface area contributed by atoms with E-state index >= 15 is 0 Å². The van der Waals surface area contributed by atoms with Crippen LogP contribution in [0, 0.1) is 0 Å².